The highest BCUT2D eigenvalue weighted by Crippen LogP contribution is 2.38. The molecule has 1 amide bonds. The molecule has 1 N–H and O–H groups in total. The SMILES string of the molecule is COc1ccc(NC(=O)CN(c2ccc(Cl)c(C(F)(F)F)c2)S(=O)(=O)c2ccccc2)cc1S(=O)(=O)N1CCOCC1. The molecule has 1 aliphatic rings. The molecule has 0 atom stereocenters. The summed E-state index contributed by atoms with van der Waals surface area (Å²) in [4.78, 5) is 12.6. The maximum atomic E-state index is 13.6. The van der Waals surface area contributed by atoms with Crippen LogP contribution in [0.15, 0.2) is 76.5 Å². The van der Waals surface area contributed by atoms with Crippen LogP contribution in [0.4, 0.5) is 24.5 Å². The van der Waals surface area contributed by atoms with Gasteiger partial charge >= 0.3 is 6.18 Å². The predicted molar refractivity (Wildman–Crippen MR) is 149 cm³/mol. The summed E-state index contributed by atoms with van der Waals surface area (Å²) in [6.07, 6.45) is -4.90. The first-order valence-electron chi connectivity index (χ1n) is 12.3. The van der Waals surface area contributed by atoms with Crippen molar-refractivity contribution in [3.8, 4) is 5.75 Å². The molecule has 4 rings (SSSR count). The number of sulfonamides is 2. The number of alkyl halides is 3. The fourth-order valence-electron chi connectivity index (χ4n) is 4.13. The second kappa shape index (κ2) is 12.5. The summed E-state index contributed by atoms with van der Waals surface area (Å²) >= 11 is 5.73. The molecule has 1 fully saturated rings. The molecule has 16 heteroatoms. The maximum absolute atomic E-state index is 13.6. The molecule has 226 valence electrons. The molecule has 0 radical (unpaired) electrons. The van der Waals surface area contributed by atoms with E-state index in [1.165, 1.54) is 47.8 Å². The molecular weight excluding hydrogens is 623 g/mol. The standard InChI is InChI=1S/C26H25ClF3N3O7S2/c1-39-23-10-7-18(15-24(23)42(37,38)32-11-13-40-14-12-32)31-25(34)17-33(41(35,36)20-5-3-2-4-6-20)19-8-9-22(27)21(16-19)26(28,29)30/h2-10,15-16H,11-14,17H2,1H3,(H,31,34). The quantitative estimate of drug-likeness (QED) is 0.369. The summed E-state index contributed by atoms with van der Waals surface area (Å²) in [7, 11) is -7.33. The fourth-order valence-corrected chi connectivity index (χ4v) is 7.38. The van der Waals surface area contributed by atoms with Crippen molar-refractivity contribution >= 4 is 48.9 Å². The van der Waals surface area contributed by atoms with Crippen LogP contribution in [0.5, 0.6) is 5.75 Å². The van der Waals surface area contributed by atoms with Crippen LogP contribution in [0.2, 0.25) is 5.02 Å². The maximum Gasteiger partial charge on any atom is 0.417 e. The van der Waals surface area contributed by atoms with E-state index >= 15 is 0 Å². The Morgan fingerprint density at radius 2 is 1.69 bits per heavy atom. The smallest absolute Gasteiger partial charge is 0.417 e. The monoisotopic (exact) mass is 647 g/mol. The van der Waals surface area contributed by atoms with E-state index in [1.807, 2.05) is 0 Å². The first-order chi connectivity index (χ1) is 19.7. The summed E-state index contributed by atoms with van der Waals surface area (Å²) in [5.41, 5.74) is -1.77. The lowest BCUT2D eigenvalue weighted by atomic mass is 10.2. The highest BCUT2D eigenvalue weighted by Gasteiger charge is 2.36. The molecule has 3 aromatic carbocycles. The van der Waals surface area contributed by atoms with Crippen molar-refractivity contribution in [1.29, 1.82) is 0 Å². The van der Waals surface area contributed by atoms with E-state index < -0.39 is 54.9 Å². The lowest BCUT2D eigenvalue weighted by Gasteiger charge is -2.27. The Labute approximate surface area is 245 Å². The Balaban J connectivity index is 1.69. The topological polar surface area (TPSA) is 122 Å². The molecule has 0 spiro atoms. The number of methoxy groups -OCH3 is 1. The molecule has 1 heterocycles. The lowest BCUT2D eigenvalue weighted by Crippen LogP contribution is -2.40. The van der Waals surface area contributed by atoms with Crippen molar-refractivity contribution in [2.24, 2.45) is 0 Å². The van der Waals surface area contributed by atoms with Gasteiger partial charge in [-0.3, -0.25) is 9.10 Å². The van der Waals surface area contributed by atoms with E-state index in [0.29, 0.717) is 10.4 Å². The third-order valence-corrected chi connectivity index (χ3v) is 10.2. The van der Waals surface area contributed by atoms with Crippen LogP contribution in [-0.2, 0) is 35.8 Å². The van der Waals surface area contributed by atoms with Crippen LogP contribution >= 0.6 is 11.6 Å². The summed E-state index contributed by atoms with van der Waals surface area (Å²) in [6, 6.07) is 13.1. The number of anilines is 2. The number of carbonyl (C=O) groups excluding carboxylic acids is 1. The highest BCUT2D eigenvalue weighted by molar-refractivity contribution is 7.92. The summed E-state index contributed by atoms with van der Waals surface area (Å²) in [6.45, 7) is -0.340. The molecule has 10 nitrogen and oxygen atoms in total. The van der Waals surface area contributed by atoms with Crippen molar-refractivity contribution in [3.63, 3.8) is 0 Å². The van der Waals surface area contributed by atoms with Gasteiger partial charge in [-0.1, -0.05) is 29.8 Å². The van der Waals surface area contributed by atoms with Crippen LogP contribution in [0, 0.1) is 0 Å². The minimum Gasteiger partial charge on any atom is -0.495 e. The van der Waals surface area contributed by atoms with Gasteiger partial charge in [0.25, 0.3) is 10.0 Å². The molecule has 0 saturated carbocycles. The van der Waals surface area contributed by atoms with Gasteiger partial charge in [0.2, 0.25) is 15.9 Å². The Morgan fingerprint density at radius 1 is 1.02 bits per heavy atom. The Morgan fingerprint density at radius 3 is 2.31 bits per heavy atom. The Kier molecular flexibility index (Phi) is 9.37. The number of nitrogens with zero attached hydrogens (tertiary/aromatic N) is 2. The van der Waals surface area contributed by atoms with Gasteiger partial charge in [0, 0.05) is 18.8 Å². The van der Waals surface area contributed by atoms with Crippen molar-refractivity contribution in [3.05, 3.63) is 77.3 Å². The first-order valence-corrected chi connectivity index (χ1v) is 15.5. The van der Waals surface area contributed by atoms with E-state index in [-0.39, 0.29) is 47.5 Å². The van der Waals surface area contributed by atoms with Gasteiger partial charge in [-0.25, -0.2) is 16.8 Å². The zero-order valence-electron chi connectivity index (χ0n) is 22.0. The number of benzene rings is 3. The average Bonchev–Trinajstić information content (AvgIpc) is 2.96. The molecule has 0 bridgehead atoms. The molecule has 0 aliphatic carbocycles. The highest BCUT2D eigenvalue weighted by atomic mass is 35.5. The van der Waals surface area contributed by atoms with Crippen LogP contribution in [-0.4, -0.2) is 67.0 Å². The molecule has 1 aliphatic heterocycles. The molecule has 3 aromatic rings. The van der Waals surface area contributed by atoms with Gasteiger partial charge in [0.05, 0.1) is 41.5 Å². The second-order valence-electron chi connectivity index (χ2n) is 8.92. The van der Waals surface area contributed by atoms with E-state index in [4.69, 9.17) is 21.1 Å². The van der Waals surface area contributed by atoms with Crippen LogP contribution in [0.25, 0.3) is 0 Å². The molecule has 0 unspecified atom stereocenters. The van der Waals surface area contributed by atoms with Crippen LogP contribution < -0.4 is 14.4 Å². The molecular formula is C26H25ClF3N3O7S2. The minimum atomic E-state index is -4.90. The number of hydrogen-bond donors (Lipinski definition) is 1. The third kappa shape index (κ3) is 6.81. The van der Waals surface area contributed by atoms with E-state index in [1.54, 1.807) is 6.07 Å². The summed E-state index contributed by atoms with van der Waals surface area (Å²) in [5, 5.41) is 1.78. The van der Waals surface area contributed by atoms with Crippen LogP contribution in [0.3, 0.4) is 0 Å². The van der Waals surface area contributed by atoms with Crippen molar-refractivity contribution in [2.45, 2.75) is 16.0 Å². The summed E-state index contributed by atoms with van der Waals surface area (Å²) < 4.78 is 107. The molecule has 1 saturated heterocycles. The Hall–Kier alpha value is -3.37. The number of hydrogen-bond acceptors (Lipinski definition) is 7. The minimum absolute atomic E-state index is 0.00798. The average molecular weight is 648 g/mol. The van der Waals surface area contributed by atoms with Gasteiger partial charge < -0.3 is 14.8 Å². The van der Waals surface area contributed by atoms with Gasteiger partial charge in [-0.15, -0.1) is 0 Å². The number of rotatable bonds is 9. The van der Waals surface area contributed by atoms with Crippen molar-refractivity contribution in [1.82, 2.24) is 4.31 Å². The number of morpholine rings is 1. The van der Waals surface area contributed by atoms with Gasteiger partial charge in [0.1, 0.15) is 17.2 Å². The Bertz CT molecular complexity index is 1670. The zero-order chi connectivity index (χ0) is 30.7. The van der Waals surface area contributed by atoms with Crippen molar-refractivity contribution < 1.29 is 44.3 Å². The van der Waals surface area contributed by atoms with E-state index in [0.717, 1.165) is 18.2 Å². The number of nitrogens with one attached hydrogen (secondary N) is 1. The van der Waals surface area contributed by atoms with E-state index in [9.17, 15) is 34.8 Å². The van der Waals surface area contributed by atoms with Crippen LogP contribution in [0.1, 0.15) is 5.56 Å². The number of amides is 1. The number of halogens is 4. The van der Waals surface area contributed by atoms with Gasteiger partial charge in [-0.2, -0.15) is 17.5 Å². The molecule has 0 aromatic heterocycles. The molecule has 42 heavy (non-hydrogen) atoms. The summed E-state index contributed by atoms with van der Waals surface area (Å²) in [5.74, 6) is -0.952. The lowest BCUT2D eigenvalue weighted by molar-refractivity contribution is -0.137. The largest absolute Gasteiger partial charge is 0.495 e. The second-order valence-corrected chi connectivity index (χ2v) is 13.1. The van der Waals surface area contributed by atoms with Gasteiger partial charge in [0.15, 0.2) is 0 Å². The number of ether oxygens (including phenoxy) is 2. The van der Waals surface area contributed by atoms with Gasteiger partial charge in [-0.05, 0) is 48.5 Å². The normalized spacial score (nSPS) is 14.8. The third-order valence-electron chi connectivity index (χ3n) is 6.20. The van der Waals surface area contributed by atoms with E-state index in [2.05, 4.69) is 5.32 Å². The predicted octanol–water partition coefficient (Wildman–Crippen LogP) is 4.22. The number of carbonyl (C=O) groups is 1. The first kappa shape index (κ1) is 31.6. The van der Waals surface area contributed by atoms with Crippen molar-refractivity contribution in [2.75, 3.05) is 49.6 Å². The fraction of sp³-hybridized carbons (Fsp3) is 0.269. The zero-order valence-corrected chi connectivity index (χ0v) is 24.4.